The Kier molecular flexibility index (Phi) is 2.92. The normalized spacial score (nSPS) is 10.6. The van der Waals surface area contributed by atoms with Crippen molar-refractivity contribution in [2.24, 2.45) is 0 Å². The van der Waals surface area contributed by atoms with Gasteiger partial charge in [-0.3, -0.25) is 0 Å². The van der Waals surface area contributed by atoms with Crippen molar-refractivity contribution >= 4 is 0 Å². The first-order chi connectivity index (χ1) is 9.24. The first kappa shape index (κ1) is 11.7. The van der Waals surface area contributed by atoms with Crippen molar-refractivity contribution in [1.82, 2.24) is 4.58 Å². The third-order valence-electron chi connectivity index (χ3n) is 3.21. The van der Waals surface area contributed by atoms with Gasteiger partial charge in [-0.05, 0) is 18.2 Å². The van der Waals surface area contributed by atoms with Crippen LogP contribution in [0.25, 0.3) is 22.6 Å². The van der Waals surface area contributed by atoms with Crippen LogP contribution in [0.2, 0.25) is 0 Å². The predicted molar refractivity (Wildman–Crippen MR) is 77.9 cm³/mol. The molecule has 0 bridgehead atoms. The van der Waals surface area contributed by atoms with Gasteiger partial charge in [-0.1, -0.05) is 30.3 Å². The molecule has 1 heterocycles. The van der Waals surface area contributed by atoms with E-state index in [9.17, 15) is 0 Å². The molecule has 94 valence electrons. The standard InChI is InChI=1S/C17H16NO/c1-18(2)15-10-8-14-9-11-16(19-17(14)12-15)13-6-4-3-5-7-13/h3-12H,1-2H3/q+1. The molecule has 19 heavy (non-hydrogen) atoms. The van der Waals surface area contributed by atoms with Crippen LogP contribution in [0.4, 0.5) is 0 Å². The highest BCUT2D eigenvalue weighted by atomic mass is 16.3. The van der Waals surface area contributed by atoms with Gasteiger partial charge in [0.2, 0.25) is 5.36 Å². The molecule has 0 N–H and O–H groups in total. The summed E-state index contributed by atoms with van der Waals surface area (Å²) < 4.78 is 8.09. The molecule has 2 heteroatoms. The highest BCUT2D eigenvalue weighted by Gasteiger charge is 2.08. The van der Waals surface area contributed by atoms with Gasteiger partial charge in [-0.2, -0.15) is 0 Å². The van der Waals surface area contributed by atoms with Crippen LogP contribution in [0.3, 0.4) is 0 Å². The van der Waals surface area contributed by atoms with Crippen LogP contribution in [-0.4, -0.2) is 14.1 Å². The lowest BCUT2D eigenvalue weighted by Gasteiger charge is -2.07. The van der Waals surface area contributed by atoms with E-state index in [1.165, 1.54) is 0 Å². The first-order valence-corrected chi connectivity index (χ1v) is 6.34. The third-order valence-corrected chi connectivity index (χ3v) is 3.21. The molecular formula is C17H16NO+. The molecule has 3 rings (SSSR count). The molecule has 0 atom stereocenters. The van der Waals surface area contributed by atoms with E-state index in [4.69, 9.17) is 4.42 Å². The zero-order valence-corrected chi connectivity index (χ0v) is 11.1. The third kappa shape index (κ3) is 2.29. The van der Waals surface area contributed by atoms with E-state index >= 15 is 0 Å². The van der Waals surface area contributed by atoms with Crippen LogP contribution in [0.15, 0.2) is 65.1 Å². The molecule has 0 spiro atoms. The van der Waals surface area contributed by atoms with E-state index < -0.39 is 0 Å². The van der Waals surface area contributed by atoms with Gasteiger partial charge in [0, 0.05) is 17.2 Å². The highest BCUT2D eigenvalue weighted by Crippen LogP contribution is 2.27. The minimum absolute atomic E-state index is 0.893. The van der Waals surface area contributed by atoms with Crippen LogP contribution in [0, 0.1) is 0 Å². The molecule has 1 aliphatic carbocycles. The monoisotopic (exact) mass is 250 g/mol. The second kappa shape index (κ2) is 4.73. The van der Waals surface area contributed by atoms with Crippen molar-refractivity contribution < 1.29 is 4.42 Å². The number of benzene rings is 2. The number of hydrogen-bond acceptors (Lipinski definition) is 1. The Morgan fingerprint density at radius 2 is 1.42 bits per heavy atom. The van der Waals surface area contributed by atoms with Crippen LogP contribution in [0.1, 0.15) is 0 Å². The van der Waals surface area contributed by atoms with Crippen LogP contribution >= 0.6 is 0 Å². The topological polar surface area (TPSA) is 16.1 Å². The molecule has 2 aliphatic rings. The molecule has 1 aliphatic heterocycles. The van der Waals surface area contributed by atoms with Gasteiger partial charge < -0.3 is 4.42 Å². The van der Waals surface area contributed by atoms with Gasteiger partial charge in [-0.15, -0.1) is 0 Å². The number of fused-ring (bicyclic) bond motifs is 1. The second-order valence-corrected chi connectivity index (χ2v) is 4.78. The minimum atomic E-state index is 0.893. The van der Waals surface area contributed by atoms with Gasteiger partial charge in [0.15, 0.2) is 0 Å². The summed E-state index contributed by atoms with van der Waals surface area (Å²) in [7, 11) is 4.06. The Labute approximate surface area is 112 Å². The smallest absolute Gasteiger partial charge is 0.203 e. The van der Waals surface area contributed by atoms with Crippen molar-refractivity contribution in [3.05, 3.63) is 66.0 Å². The maximum Gasteiger partial charge on any atom is 0.203 e. The molecule has 1 aromatic carbocycles. The molecule has 0 aromatic heterocycles. The molecular weight excluding hydrogens is 234 g/mol. The highest BCUT2D eigenvalue weighted by molar-refractivity contribution is 5.65. The van der Waals surface area contributed by atoms with Crippen molar-refractivity contribution in [3.8, 4) is 22.6 Å². The van der Waals surface area contributed by atoms with Crippen molar-refractivity contribution in [1.29, 1.82) is 0 Å². The van der Waals surface area contributed by atoms with E-state index in [1.54, 1.807) is 0 Å². The van der Waals surface area contributed by atoms with Crippen LogP contribution < -0.4 is 9.93 Å². The number of nitrogens with zero attached hydrogens (tertiary/aromatic N) is 1. The molecule has 0 saturated carbocycles. The Hall–Kier alpha value is -2.35. The molecule has 0 radical (unpaired) electrons. The fourth-order valence-corrected chi connectivity index (χ4v) is 2.10. The first-order valence-electron chi connectivity index (χ1n) is 6.34. The zero-order valence-electron chi connectivity index (χ0n) is 11.1. The Morgan fingerprint density at radius 1 is 0.737 bits per heavy atom. The maximum absolute atomic E-state index is 6.01. The maximum atomic E-state index is 6.01. The van der Waals surface area contributed by atoms with Gasteiger partial charge in [-0.25, -0.2) is 4.58 Å². The van der Waals surface area contributed by atoms with Gasteiger partial charge in [0.05, 0.1) is 6.07 Å². The molecule has 0 amide bonds. The fourth-order valence-electron chi connectivity index (χ4n) is 2.10. The summed E-state index contributed by atoms with van der Waals surface area (Å²) in [5.74, 6) is 1.80. The summed E-state index contributed by atoms with van der Waals surface area (Å²) in [4.78, 5) is 0. The molecule has 0 fully saturated rings. The average Bonchev–Trinajstić information content (AvgIpc) is 2.47. The van der Waals surface area contributed by atoms with Crippen LogP contribution in [0.5, 0.6) is 0 Å². The largest absolute Gasteiger partial charge is 0.456 e. The zero-order chi connectivity index (χ0) is 13.2. The summed E-state index contributed by atoms with van der Waals surface area (Å²) in [6.45, 7) is 0. The molecule has 2 nitrogen and oxygen atoms in total. The number of hydrogen-bond donors (Lipinski definition) is 0. The summed E-state index contributed by atoms with van der Waals surface area (Å²) in [6, 6.07) is 20.5. The summed E-state index contributed by atoms with van der Waals surface area (Å²) in [5, 5.41) is 1.14. The Morgan fingerprint density at radius 3 is 2.16 bits per heavy atom. The molecule has 0 saturated heterocycles. The molecule has 0 unspecified atom stereocenters. The summed E-state index contributed by atoms with van der Waals surface area (Å²) >= 11 is 0. The lowest BCUT2D eigenvalue weighted by atomic mass is 10.1. The summed E-state index contributed by atoms with van der Waals surface area (Å²) in [6.07, 6.45) is 0. The minimum Gasteiger partial charge on any atom is -0.456 e. The quantitative estimate of drug-likeness (QED) is 0.606. The number of rotatable bonds is 1. The average molecular weight is 250 g/mol. The van der Waals surface area contributed by atoms with Gasteiger partial charge >= 0.3 is 0 Å². The second-order valence-electron chi connectivity index (χ2n) is 4.78. The lowest BCUT2D eigenvalue weighted by Crippen LogP contribution is -2.21. The molecule has 1 aromatic rings. The fraction of sp³-hybridized carbons (Fsp3) is 0.118. The van der Waals surface area contributed by atoms with Crippen molar-refractivity contribution in [2.45, 2.75) is 0 Å². The lowest BCUT2D eigenvalue weighted by molar-refractivity contribution is 0.579. The van der Waals surface area contributed by atoms with Crippen molar-refractivity contribution in [2.75, 3.05) is 14.1 Å². The van der Waals surface area contributed by atoms with E-state index in [1.807, 2.05) is 38.4 Å². The van der Waals surface area contributed by atoms with Crippen molar-refractivity contribution in [3.63, 3.8) is 0 Å². The van der Waals surface area contributed by atoms with E-state index in [0.717, 1.165) is 28.0 Å². The van der Waals surface area contributed by atoms with Gasteiger partial charge in [0.25, 0.3) is 0 Å². The Balaban J connectivity index is 2.21. The predicted octanol–water partition coefficient (Wildman–Crippen LogP) is 3.08. The SMILES string of the molecule is C[N+](C)=c1ccc2ccc(-c3ccccc3)oc-2c1. The van der Waals surface area contributed by atoms with E-state index in [-0.39, 0.29) is 0 Å². The van der Waals surface area contributed by atoms with Crippen LogP contribution in [-0.2, 0) is 0 Å². The summed E-state index contributed by atoms with van der Waals surface area (Å²) in [5.41, 5.74) is 2.21. The van der Waals surface area contributed by atoms with E-state index in [0.29, 0.717) is 0 Å². The van der Waals surface area contributed by atoms with Gasteiger partial charge in [0.1, 0.15) is 25.6 Å². The Bertz CT molecular complexity index is 737. The van der Waals surface area contributed by atoms with E-state index in [2.05, 4.69) is 41.0 Å².